The number of nitrogens with one attached hydrogen (secondary N) is 1. The van der Waals surface area contributed by atoms with Gasteiger partial charge in [-0.2, -0.15) is 5.10 Å². The molecule has 0 spiro atoms. The molecule has 0 bridgehead atoms. The number of anilines is 1. The van der Waals surface area contributed by atoms with Crippen molar-refractivity contribution >= 4 is 11.7 Å². The van der Waals surface area contributed by atoms with Gasteiger partial charge in [-0.1, -0.05) is 0 Å². The summed E-state index contributed by atoms with van der Waals surface area (Å²) in [4.78, 5) is 16.4. The van der Waals surface area contributed by atoms with Gasteiger partial charge in [-0.25, -0.2) is 9.67 Å². The summed E-state index contributed by atoms with van der Waals surface area (Å²) in [6, 6.07) is 12.5. The maximum Gasteiger partial charge on any atom is 0.277 e. The Morgan fingerprint density at radius 2 is 1.88 bits per heavy atom. The fourth-order valence-corrected chi connectivity index (χ4v) is 2.14. The molecule has 1 N–H and O–H groups in total. The van der Waals surface area contributed by atoms with E-state index < -0.39 is 0 Å². The minimum absolute atomic E-state index is 0.276. The Kier molecular flexibility index (Phi) is 4.42. The smallest absolute Gasteiger partial charge is 0.277 e. The lowest BCUT2D eigenvalue weighted by Gasteiger charge is -2.07. The highest BCUT2D eigenvalue weighted by Gasteiger charge is 2.13. The van der Waals surface area contributed by atoms with E-state index in [1.807, 2.05) is 24.3 Å². The van der Waals surface area contributed by atoms with Crippen molar-refractivity contribution in [2.45, 2.75) is 0 Å². The normalized spacial score (nSPS) is 10.2. The van der Waals surface area contributed by atoms with Gasteiger partial charge < -0.3 is 14.8 Å². The zero-order valence-corrected chi connectivity index (χ0v) is 13.3. The molecule has 0 aliphatic rings. The van der Waals surface area contributed by atoms with Crippen molar-refractivity contribution in [1.82, 2.24) is 14.8 Å². The number of carbonyl (C=O) groups excluding carboxylic acids is 1. The third kappa shape index (κ3) is 3.19. The molecule has 0 radical (unpaired) electrons. The van der Waals surface area contributed by atoms with Crippen LogP contribution in [-0.4, -0.2) is 34.9 Å². The highest BCUT2D eigenvalue weighted by Crippen LogP contribution is 2.20. The zero-order valence-electron chi connectivity index (χ0n) is 13.3. The average Bonchev–Trinajstić information content (AvgIpc) is 3.12. The summed E-state index contributed by atoms with van der Waals surface area (Å²) in [5.41, 5.74) is 1.10. The summed E-state index contributed by atoms with van der Waals surface area (Å²) in [6.45, 7) is 0. The Hall–Kier alpha value is -3.35. The number of hydrogen-bond donors (Lipinski definition) is 1. The van der Waals surface area contributed by atoms with E-state index >= 15 is 0 Å². The molecule has 0 atom stereocenters. The van der Waals surface area contributed by atoms with Gasteiger partial charge in [0.1, 0.15) is 5.75 Å². The van der Waals surface area contributed by atoms with E-state index in [4.69, 9.17) is 9.47 Å². The minimum atomic E-state index is -0.362. The molecule has 3 aromatic rings. The van der Waals surface area contributed by atoms with E-state index in [9.17, 15) is 4.79 Å². The lowest BCUT2D eigenvalue weighted by atomic mass is 10.3. The van der Waals surface area contributed by atoms with Crippen LogP contribution in [0.2, 0.25) is 0 Å². The van der Waals surface area contributed by atoms with Gasteiger partial charge in [-0.3, -0.25) is 4.79 Å². The van der Waals surface area contributed by atoms with Crippen LogP contribution in [0.15, 0.2) is 54.9 Å². The van der Waals surface area contributed by atoms with Crippen LogP contribution < -0.4 is 14.8 Å². The molecule has 1 amide bonds. The van der Waals surface area contributed by atoms with Crippen LogP contribution in [0.4, 0.5) is 5.82 Å². The van der Waals surface area contributed by atoms with Gasteiger partial charge in [0.05, 0.1) is 19.9 Å². The molecule has 3 rings (SSSR count). The van der Waals surface area contributed by atoms with Crippen LogP contribution in [0, 0.1) is 0 Å². The third-order valence-electron chi connectivity index (χ3n) is 3.38. The van der Waals surface area contributed by atoms with Crippen molar-refractivity contribution in [2.24, 2.45) is 0 Å². The van der Waals surface area contributed by atoms with Crippen LogP contribution in [0.3, 0.4) is 0 Å². The van der Waals surface area contributed by atoms with Crippen molar-refractivity contribution in [3.63, 3.8) is 0 Å². The summed E-state index contributed by atoms with van der Waals surface area (Å²) in [7, 11) is 3.13. The van der Waals surface area contributed by atoms with Crippen LogP contribution in [-0.2, 0) is 0 Å². The van der Waals surface area contributed by atoms with Crippen molar-refractivity contribution in [3.05, 3.63) is 60.6 Å². The molecule has 1 aromatic carbocycles. The Morgan fingerprint density at radius 1 is 1.08 bits per heavy atom. The fourth-order valence-electron chi connectivity index (χ4n) is 2.14. The van der Waals surface area contributed by atoms with E-state index in [0.29, 0.717) is 11.6 Å². The van der Waals surface area contributed by atoms with Crippen molar-refractivity contribution in [1.29, 1.82) is 0 Å². The van der Waals surface area contributed by atoms with Gasteiger partial charge in [0.15, 0.2) is 17.3 Å². The first-order chi connectivity index (χ1) is 11.7. The number of benzene rings is 1. The van der Waals surface area contributed by atoms with Crippen molar-refractivity contribution in [3.8, 4) is 17.2 Å². The topological polar surface area (TPSA) is 78.3 Å². The number of hydrogen-bond acceptors (Lipinski definition) is 5. The Bertz CT molecular complexity index is 843. The Labute approximate surface area is 138 Å². The van der Waals surface area contributed by atoms with E-state index in [-0.39, 0.29) is 11.6 Å². The molecule has 7 nitrogen and oxygen atoms in total. The lowest BCUT2D eigenvalue weighted by molar-refractivity contribution is 0.102. The van der Waals surface area contributed by atoms with Gasteiger partial charge >= 0.3 is 0 Å². The van der Waals surface area contributed by atoms with Crippen LogP contribution in [0.5, 0.6) is 11.5 Å². The maximum atomic E-state index is 12.3. The molecular weight excluding hydrogens is 308 g/mol. The maximum absolute atomic E-state index is 12.3. The monoisotopic (exact) mass is 324 g/mol. The quantitative estimate of drug-likeness (QED) is 0.780. The number of pyridine rings is 1. The van der Waals surface area contributed by atoms with Crippen LogP contribution in [0.1, 0.15) is 10.5 Å². The molecule has 122 valence electrons. The molecule has 0 unspecified atom stereocenters. The second-order valence-corrected chi connectivity index (χ2v) is 4.85. The number of nitrogens with zero attached hydrogens (tertiary/aromatic N) is 3. The third-order valence-corrected chi connectivity index (χ3v) is 3.38. The summed E-state index contributed by atoms with van der Waals surface area (Å²) >= 11 is 0. The number of aromatic nitrogens is 3. The second kappa shape index (κ2) is 6.82. The van der Waals surface area contributed by atoms with E-state index in [1.54, 1.807) is 42.4 Å². The van der Waals surface area contributed by atoms with Crippen LogP contribution >= 0.6 is 0 Å². The number of methoxy groups -OCH3 is 2. The molecule has 2 aromatic heterocycles. The summed E-state index contributed by atoms with van der Waals surface area (Å²) in [5.74, 6) is 1.23. The highest BCUT2D eigenvalue weighted by atomic mass is 16.5. The number of ether oxygens (including phenoxy) is 2. The fraction of sp³-hybridized carbons (Fsp3) is 0.118. The number of amides is 1. The van der Waals surface area contributed by atoms with Crippen LogP contribution in [0.25, 0.3) is 5.69 Å². The molecule has 0 aliphatic heterocycles. The average molecular weight is 324 g/mol. The first-order valence-electron chi connectivity index (χ1n) is 7.21. The molecule has 2 heterocycles. The molecule has 0 aliphatic carbocycles. The largest absolute Gasteiger partial charge is 0.497 e. The van der Waals surface area contributed by atoms with Crippen molar-refractivity contribution < 1.29 is 14.3 Å². The molecule has 0 fully saturated rings. The number of rotatable bonds is 5. The second-order valence-electron chi connectivity index (χ2n) is 4.85. The van der Waals surface area contributed by atoms with Gasteiger partial charge in [0, 0.05) is 12.4 Å². The summed E-state index contributed by atoms with van der Waals surface area (Å²) in [6.07, 6.45) is 3.29. The predicted octanol–water partition coefficient (Wildman–Crippen LogP) is 2.54. The van der Waals surface area contributed by atoms with Gasteiger partial charge in [-0.05, 0) is 42.5 Å². The van der Waals surface area contributed by atoms with E-state index in [1.165, 1.54) is 7.11 Å². The SMILES string of the molecule is COc1ccc(-n2ccc(C(=O)Nc3ncccc3OC)n2)cc1. The molecule has 0 saturated heterocycles. The van der Waals surface area contributed by atoms with E-state index in [2.05, 4.69) is 15.4 Å². The Balaban J connectivity index is 1.78. The van der Waals surface area contributed by atoms with Gasteiger partial charge in [-0.15, -0.1) is 0 Å². The van der Waals surface area contributed by atoms with Crippen molar-refractivity contribution in [2.75, 3.05) is 19.5 Å². The first-order valence-corrected chi connectivity index (χ1v) is 7.21. The highest BCUT2D eigenvalue weighted by molar-refractivity contribution is 6.03. The summed E-state index contributed by atoms with van der Waals surface area (Å²) < 4.78 is 11.9. The molecular formula is C17H16N4O3. The molecule has 24 heavy (non-hydrogen) atoms. The van der Waals surface area contributed by atoms with Gasteiger partial charge in [0.25, 0.3) is 5.91 Å². The molecule has 7 heteroatoms. The summed E-state index contributed by atoms with van der Waals surface area (Å²) in [5, 5.41) is 6.97. The zero-order chi connectivity index (χ0) is 16.9. The first kappa shape index (κ1) is 15.5. The Morgan fingerprint density at radius 3 is 2.58 bits per heavy atom. The minimum Gasteiger partial charge on any atom is -0.497 e. The van der Waals surface area contributed by atoms with E-state index in [0.717, 1.165) is 11.4 Å². The van der Waals surface area contributed by atoms with Gasteiger partial charge in [0.2, 0.25) is 0 Å². The predicted molar refractivity (Wildman–Crippen MR) is 88.9 cm³/mol. The molecule has 0 saturated carbocycles. The lowest BCUT2D eigenvalue weighted by Crippen LogP contribution is -2.14. The number of carbonyl (C=O) groups is 1. The standard InChI is InChI=1S/C17H16N4O3/c1-23-13-7-5-12(6-8-13)21-11-9-14(20-21)17(22)19-16-15(24-2)4-3-10-18-16/h3-11H,1-2H3,(H,18,19,22).